The number of fused-ring (bicyclic) bond motifs is 5. The van der Waals surface area contributed by atoms with E-state index in [1.54, 1.807) is 5.57 Å². The van der Waals surface area contributed by atoms with E-state index >= 15 is 0 Å². The Morgan fingerprint density at radius 2 is 1.80 bits per heavy atom. The van der Waals surface area contributed by atoms with Crippen molar-refractivity contribution in [1.82, 2.24) is 4.90 Å². The third-order valence-electron chi connectivity index (χ3n) is 10.2. The van der Waals surface area contributed by atoms with Crippen LogP contribution in [-0.2, 0) is 0 Å². The van der Waals surface area contributed by atoms with Crippen molar-refractivity contribution < 1.29 is 5.11 Å². The van der Waals surface area contributed by atoms with Gasteiger partial charge in [0.05, 0.1) is 6.10 Å². The minimum atomic E-state index is -0.102. The van der Waals surface area contributed by atoms with Crippen LogP contribution in [-0.4, -0.2) is 47.5 Å². The Morgan fingerprint density at radius 3 is 2.50 bits per heavy atom. The fourth-order valence-corrected chi connectivity index (χ4v) is 9.16. The number of halogens is 2. The van der Waals surface area contributed by atoms with Crippen LogP contribution < -0.4 is 0 Å². The maximum absolute atomic E-state index is 10.2. The van der Waals surface area contributed by atoms with Gasteiger partial charge in [0.15, 0.2) is 0 Å². The third-order valence-corrected chi connectivity index (χ3v) is 10.5. The van der Waals surface area contributed by atoms with Crippen molar-refractivity contribution >= 4 is 23.2 Å². The molecule has 4 aliphatic carbocycles. The Kier molecular flexibility index (Phi) is 7.21. The summed E-state index contributed by atoms with van der Waals surface area (Å²) in [6, 6.07) is 0. The number of aliphatic hydroxyl groups is 1. The first-order valence-corrected chi connectivity index (χ1v) is 13.6. The van der Waals surface area contributed by atoms with Gasteiger partial charge in [0.2, 0.25) is 0 Å². The van der Waals surface area contributed by atoms with Crippen molar-refractivity contribution in [1.29, 1.82) is 0 Å². The first-order chi connectivity index (χ1) is 14.3. The lowest BCUT2D eigenvalue weighted by molar-refractivity contribution is -0.0583. The van der Waals surface area contributed by atoms with Crippen LogP contribution in [0.25, 0.3) is 0 Å². The van der Waals surface area contributed by atoms with Gasteiger partial charge in [0.25, 0.3) is 0 Å². The summed E-state index contributed by atoms with van der Waals surface area (Å²) in [7, 11) is 0. The Balaban J connectivity index is 1.50. The molecule has 2 nitrogen and oxygen atoms in total. The van der Waals surface area contributed by atoms with Gasteiger partial charge in [0.1, 0.15) is 0 Å². The highest BCUT2D eigenvalue weighted by Crippen LogP contribution is 2.67. The molecule has 3 saturated carbocycles. The number of alkyl halides is 2. The van der Waals surface area contributed by atoms with Crippen molar-refractivity contribution in [2.24, 2.45) is 40.4 Å². The lowest BCUT2D eigenvalue weighted by Crippen LogP contribution is -2.51. The largest absolute Gasteiger partial charge is 0.393 e. The summed E-state index contributed by atoms with van der Waals surface area (Å²) >= 11 is 12.1. The first-order valence-electron chi connectivity index (χ1n) is 12.6. The van der Waals surface area contributed by atoms with Gasteiger partial charge in [-0.1, -0.05) is 32.4 Å². The molecule has 1 N–H and O–H groups in total. The lowest BCUT2D eigenvalue weighted by Gasteiger charge is -2.58. The molecule has 30 heavy (non-hydrogen) atoms. The zero-order chi connectivity index (χ0) is 21.5. The van der Waals surface area contributed by atoms with E-state index in [-0.39, 0.29) is 6.10 Å². The predicted molar refractivity (Wildman–Crippen MR) is 128 cm³/mol. The van der Waals surface area contributed by atoms with Crippen LogP contribution in [0, 0.1) is 40.4 Å². The summed E-state index contributed by atoms with van der Waals surface area (Å²) in [5, 5.41) is 10.2. The van der Waals surface area contributed by atoms with Gasteiger partial charge in [-0.25, -0.2) is 0 Å². The molecule has 0 spiro atoms. The van der Waals surface area contributed by atoms with Crippen molar-refractivity contribution in [2.75, 3.05) is 31.4 Å². The van der Waals surface area contributed by atoms with E-state index in [1.807, 2.05) is 0 Å². The van der Waals surface area contributed by atoms with Crippen molar-refractivity contribution in [3.63, 3.8) is 0 Å². The smallest absolute Gasteiger partial charge is 0.0577 e. The topological polar surface area (TPSA) is 23.5 Å². The molecule has 0 aromatic rings. The van der Waals surface area contributed by atoms with Gasteiger partial charge in [-0.15, -0.1) is 23.2 Å². The van der Waals surface area contributed by atoms with Gasteiger partial charge >= 0.3 is 0 Å². The Hall–Kier alpha value is 0.240. The van der Waals surface area contributed by atoms with Crippen LogP contribution in [0.4, 0.5) is 0 Å². The number of nitrogens with zero attached hydrogens (tertiary/aromatic N) is 1. The van der Waals surface area contributed by atoms with Gasteiger partial charge < -0.3 is 10.0 Å². The third kappa shape index (κ3) is 4.02. The van der Waals surface area contributed by atoms with E-state index in [1.165, 1.54) is 38.5 Å². The fraction of sp³-hybridized carbons (Fsp3) is 0.923. The monoisotopic (exact) mass is 455 g/mol. The zero-order valence-electron chi connectivity index (χ0n) is 19.4. The highest BCUT2D eigenvalue weighted by molar-refractivity contribution is 6.18. The molecule has 0 saturated heterocycles. The van der Waals surface area contributed by atoms with Crippen molar-refractivity contribution in [3.05, 3.63) is 11.6 Å². The summed E-state index contributed by atoms with van der Waals surface area (Å²) in [6.45, 7) is 10.7. The Morgan fingerprint density at radius 1 is 1.07 bits per heavy atom. The van der Waals surface area contributed by atoms with Crippen molar-refractivity contribution in [3.8, 4) is 0 Å². The molecule has 0 radical (unpaired) electrons. The van der Waals surface area contributed by atoms with Crippen LogP contribution >= 0.6 is 23.2 Å². The maximum atomic E-state index is 10.2. The minimum absolute atomic E-state index is 0.102. The lowest BCUT2D eigenvalue weighted by atomic mass is 9.47. The molecule has 0 bridgehead atoms. The molecular weight excluding hydrogens is 413 g/mol. The van der Waals surface area contributed by atoms with Gasteiger partial charge in [0, 0.05) is 31.4 Å². The SMILES string of the molecule is C[C@H](CN(CCCl)CCCl)[C@H]1CC[C@H]2[C@@H]3CC=C4C[C@@H](O)CC[C@]4(C)[C@H]3CC[C@]12C. The summed E-state index contributed by atoms with van der Waals surface area (Å²) in [4.78, 5) is 2.48. The second-order valence-corrected chi connectivity index (χ2v) is 12.3. The zero-order valence-corrected chi connectivity index (χ0v) is 20.9. The number of hydrogen-bond donors (Lipinski definition) is 1. The molecule has 3 fully saturated rings. The Bertz CT molecular complexity index is 633. The van der Waals surface area contributed by atoms with E-state index in [0.29, 0.717) is 28.5 Å². The van der Waals surface area contributed by atoms with Gasteiger partial charge in [-0.05, 0) is 91.8 Å². The quantitative estimate of drug-likeness (QED) is 0.357. The molecule has 4 rings (SSSR count). The minimum Gasteiger partial charge on any atom is -0.393 e. The van der Waals surface area contributed by atoms with Crippen LogP contribution in [0.2, 0.25) is 0 Å². The fourth-order valence-electron chi connectivity index (χ4n) is 8.68. The summed E-state index contributed by atoms with van der Waals surface area (Å²) in [5.41, 5.74) is 2.43. The number of aliphatic hydroxyl groups excluding tert-OH is 1. The van der Waals surface area contributed by atoms with Crippen LogP contribution in [0.3, 0.4) is 0 Å². The van der Waals surface area contributed by atoms with E-state index in [0.717, 1.165) is 56.1 Å². The van der Waals surface area contributed by atoms with Crippen LogP contribution in [0.5, 0.6) is 0 Å². The molecule has 0 aromatic heterocycles. The van der Waals surface area contributed by atoms with E-state index < -0.39 is 0 Å². The van der Waals surface area contributed by atoms with E-state index in [9.17, 15) is 5.11 Å². The van der Waals surface area contributed by atoms with Crippen molar-refractivity contribution in [2.45, 2.75) is 78.2 Å². The normalized spacial score (nSPS) is 44.2. The average Bonchev–Trinajstić information content (AvgIpc) is 3.06. The number of rotatable bonds is 7. The van der Waals surface area contributed by atoms with Gasteiger partial charge in [-0.2, -0.15) is 0 Å². The number of allylic oxidation sites excluding steroid dienone is 1. The molecule has 0 amide bonds. The van der Waals surface area contributed by atoms with Crippen LogP contribution in [0.15, 0.2) is 11.6 Å². The molecule has 172 valence electrons. The molecule has 0 unspecified atom stereocenters. The molecule has 0 aliphatic heterocycles. The second kappa shape index (κ2) is 9.24. The summed E-state index contributed by atoms with van der Waals surface area (Å²) < 4.78 is 0. The molecule has 4 aliphatic rings. The highest BCUT2D eigenvalue weighted by atomic mass is 35.5. The molecular formula is C26H43Cl2NO. The Labute approximate surface area is 194 Å². The first kappa shape index (κ1) is 23.4. The molecule has 0 heterocycles. The maximum Gasteiger partial charge on any atom is 0.0577 e. The van der Waals surface area contributed by atoms with Gasteiger partial charge in [-0.3, -0.25) is 0 Å². The average molecular weight is 457 g/mol. The molecule has 8 atom stereocenters. The number of hydrogen-bond acceptors (Lipinski definition) is 2. The van der Waals surface area contributed by atoms with E-state index in [2.05, 4.69) is 31.7 Å². The highest BCUT2D eigenvalue weighted by Gasteiger charge is 2.59. The standard InChI is InChI=1S/C26H43Cl2NO/c1-18(17-29(14-12-27)15-13-28)22-6-7-23-21-5-4-19-16-20(30)8-10-25(19,2)24(21)9-11-26(22,23)3/h4,18,20-24,30H,5-17H2,1-3H3/t18-,20+,21+,22-,23+,24+,25+,26-/m1/s1. The summed E-state index contributed by atoms with van der Waals surface area (Å²) in [6.07, 6.45) is 12.4. The predicted octanol–water partition coefficient (Wildman–Crippen LogP) is 6.34. The molecule has 0 aromatic carbocycles. The summed E-state index contributed by atoms with van der Waals surface area (Å²) in [5.74, 6) is 5.48. The molecule has 4 heteroatoms. The second-order valence-electron chi connectivity index (χ2n) is 11.5. The van der Waals surface area contributed by atoms with Crippen LogP contribution in [0.1, 0.15) is 72.1 Å². The van der Waals surface area contributed by atoms with E-state index in [4.69, 9.17) is 23.2 Å².